The van der Waals surface area contributed by atoms with Gasteiger partial charge in [-0.1, -0.05) is 11.9 Å². The number of carbonyl (C=O) groups is 1. The molecule has 6 aromatic rings. The Labute approximate surface area is 440 Å². The lowest BCUT2D eigenvalue weighted by atomic mass is 9.87. The number of imidazole rings is 3. The van der Waals surface area contributed by atoms with Crippen molar-refractivity contribution < 1.29 is 103 Å². The number of aryl methyl sites for hydroxylation is 1. The molecule has 0 spiro atoms. The van der Waals surface area contributed by atoms with Crippen LogP contribution in [0.5, 0.6) is 0 Å². The average molecular weight is 1200 g/mol. The summed E-state index contributed by atoms with van der Waals surface area (Å²) >= 11 is 0. The summed E-state index contributed by atoms with van der Waals surface area (Å²) in [5, 5.41) is 24.2. The molecule has 3 saturated heterocycles. The number of amides is 1. The van der Waals surface area contributed by atoms with Crippen molar-refractivity contribution in [3.63, 3.8) is 0 Å². The summed E-state index contributed by atoms with van der Waals surface area (Å²) in [6, 6.07) is 0. The minimum Gasteiger partial charge on any atom is -0.387 e. The van der Waals surface area contributed by atoms with Crippen molar-refractivity contribution in [2.24, 2.45) is 18.9 Å². The lowest BCUT2D eigenvalue weighted by molar-refractivity contribution is -0.745. The van der Waals surface area contributed by atoms with Gasteiger partial charge in [0.2, 0.25) is 17.4 Å². The molecular weight excluding hydrogens is 1150 g/mol. The van der Waals surface area contributed by atoms with Gasteiger partial charge >= 0.3 is 36.9 Å². The fourth-order valence-electron chi connectivity index (χ4n) is 9.26. The first-order valence-corrected chi connectivity index (χ1v) is 28.9. The molecule has 3 aliphatic heterocycles. The number of aliphatic hydroxyl groups excluding tert-OH is 2. The highest BCUT2D eigenvalue weighted by atomic mass is 31.3. The Morgan fingerprint density at radius 2 is 1.35 bits per heavy atom. The number of nitrogen functional groups attached to an aromatic ring is 3. The summed E-state index contributed by atoms with van der Waals surface area (Å²) in [7, 11) is -19.4. The Morgan fingerprint density at radius 1 is 0.759 bits per heavy atom. The lowest BCUT2D eigenvalue weighted by Gasteiger charge is -2.26. The smallest absolute Gasteiger partial charge is 0.387 e. The van der Waals surface area contributed by atoms with Gasteiger partial charge in [0.25, 0.3) is 17.1 Å². The Morgan fingerprint density at radius 3 is 2.03 bits per heavy atom. The number of aromatic amines is 2. The van der Waals surface area contributed by atoms with Crippen LogP contribution in [0.1, 0.15) is 32.0 Å². The molecule has 6 aromatic heterocycles. The van der Waals surface area contributed by atoms with E-state index in [1.165, 1.54) is 27.1 Å². The molecule has 4 unspecified atom stereocenters. The average Bonchev–Trinajstić information content (AvgIpc) is 4.31. The molecule has 79 heavy (non-hydrogen) atoms. The number of anilines is 3. The Bertz CT molecular complexity index is 3620. The Balaban J connectivity index is 0.876. The monoisotopic (exact) mass is 1200 g/mol. The quantitative estimate of drug-likeness (QED) is 0.0252. The number of aliphatic hydroxyl groups is 2. The van der Waals surface area contributed by atoms with Crippen LogP contribution in [-0.4, -0.2) is 166 Å². The first-order valence-electron chi connectivity index (χ1n) is 22.9. The van der Waals surface area contributed by atoms with Gasteiger partial charge in [-0.3, -0.25) is 56.1 Å². The highest BCUT2D eigenvalue weighted by Crippen LogP contribution is 2.68. The van der Waals surface area contributed by atoms with Crippen LogP contribution in [0, 0.1) is 11.8 Å². The SMILES string of the molecule is CNC(=O)C[C@H]1[C@@H](C)[C@H]([n+]2cn(C)c3c(=O)[nH]c(N)nc32)O[C@@H]1COP(=O)(O)OP(=O)(O)OP(=O)(O)OC[C@H]1O[C@@H](n2cnc3c(N)ncnc32)[C@H](OC)[C@@H]1OP(=O)(O)OC[C@H]1O[C@@H](n2cnc3c(=O)[nH]c(N)nc32)[C@H](O)[C@@H]1O. The van der Waals surface area contributed by atoms with Crippen LogP contribution in [0.4, 0.5) is 17.7 Å². The molecule has 39 nitrogen and oxygen atoms in total. The largest absolute Gasteiger partial charge is 0.490 e. The van der Waals surface area contributed by atoms with Crippen molar-refractivity contribution in [1.82, 2.24) is 58.9 Å². The number of fused-ring (bicyclic) bond motifs is 3. The van der Waals surface area contributed by atoms with E-state index in [9.17, 15) is 62.4 Å². The molecule has 1 amide bonds. The van der Waals surface area contributed by atoms with Gasteiger partial charge in [0, 0.05) is 32.4 Å². The number of phosphoric ester groups is 3. The number of methoxy groups -OCH3 is 1. The molecule has 0 radical (unpaired) electrons. The normalized spacial score (nSPS) is 29.4. The van der Waals surface area contributed by atoms with Crippen LogP contribution in [0.15, 0.2) is 34.9 Å². The van der Waals surface area contributed by atoms with Gasteiger partial charge in [-0.2, -0.15) is 13.6 Å². The van der Waals surface area contributed by atoms with E-state index in [-0.39, 0.29) is 57.6 Å². The second-order valence-corrected chi connectivity index (χ2v) is 23.9. The number of H-pyrrole nitrogens is 2. The molecule has 16 atom stereocenters. The van der Waals surface area contributed by atoms with E-state index in [0.29, 0.717) is 0 Å². The summed E-state index contributed by atoms with van der Waals surface area (Å²) in [5.74, 6) is -2.52. The van der Waals surface area contributed by atoms with Gasteiger partial charge in [0.1, 0.15) is 48.5 Å². The molecule has 43 heteroatoms. The number of phosphoric acid groups is 4. The molecule has 15 N–H and O–H groups in total. The van der Waals surface area contributed by atoms with E-state index in [4.69, 9.17) is 54.2 Å². The maximum Gasteiger partial charge on any atom is 0.490 e. The summed E-state index contributed by atoms with van der Waals surface area (Å²) in [6.45, 7) is -1.47. The van der Waals surface area contributed by atoms with Crippen molar-refractivity contribution in [3.05, 3.63) is 46.0 Å². The van der Waals surface area contributed by atoms with Crippen molar-refractivity contribution in [3.8, 4) is 0 Å². The highest BCUT2D eigenvalue weighted by Gasteiger charge is 2.54. The van der Waals surface area contributed by atoms with E-state index in [0.717, 1.165) is 30.7 Å². The second kappa shape index (κ2) is 22.0. The zero-order valence-electron chi connectivity index (χ0n) is 41.2. The van der Waals surface area contributed by atoms with Crippen LogP contribution in [0.25, 0.3) is 33.5 Å². The maximum absolute atomic E-state index is 13.7. The molecule has 9 heterocycles. The fourth-order valence-corrected chi connectivity index (χ4v) is 13.7. The summed E-state index contributed by atoms with van der Waals surface area (Å²) in [4.78, 5) is 110. The van der Waals surface area contributed by atoms with Crippen LogP contribution in [0.2, 0.25) is 0 Å². The third-order valence-corrected chi connectivity index (χ3v) is 18.1. The molecule has 0 saturated carbocycles. The second-order valence-electron chi connectivity index (χ2n) is 17.9. The van der Waals surface area contributed by atoms with E-state index < -0.39 is 141 Å². The van der Waals surface area contributed by atoms with Crippen molar-refractivity contribution >= 4 is 88.4 Å². The van der Waals surface area contributed by atoms with Gasteiger partial charge < -0.3 is 71.3 Å². The van der Waals surface area contributed by atoms with Crippen molar-refractivity contribution in [2.45, 2.75) is 74.8 Å². The predicted octanol–water partition coefficient (Wildman–Crippen LogP) is -3.04. The van der Waals surface area contributed by atoms with Crippen LogP contribution in [0.3, 0.4) is 0 Å². The van der Waals surface area contributed by atoms with Crippen molar-refractivity contribution in [1.29, 1.82) is 0 Å². The summed E-state index contributed by atoms with van der Waals surface area (Å²) in [5.41, 5.74) is 16.0. The molecule has 0 aliphatic carbocycles. The highest BCUT2D eigenvalue weighted by molar-refractivity contribution is 7.66. The van der Waals surface area contributed by atoms with Gasteiger partial charge in [0.05, 0.1) is 45.6 Å². The number of nitrogens with two attached hydrogens (primary N) is 3. The topological polar surface area (TPSA) is 551 Å². The zero-order chi connectivity index (χ0) is 57.3. The number of rotatable bonds is 21. The van der Waals surface area contributed by atoms with E-state index >= 15 is 0 Å². The number of hydrogen-bond donors (Lipinski definition) is 12. The van der Waals surface area contributed by atoms with Crippen LogP contribution >= 0.6 is 31.3 Å². The van der Waals surface area contributed by atoms with Crippen LogP contribution < -0.4 is 38.2 Å². The molecule has 9 rings (SSSR count). The van der Waals surface area contributed by atoms with Gasteiger partial charge in [-0.25, -0.2) is 42.8 Å². The van der Waals surface area contributed by atoms with Gasteiger partial charge in [-0.15, -0.1) is 0 Å². The lowest BCUT2D eigenvalue weighted by Crippen LogP contribution is -2.42. The zero-order valence-corrected chi connectivity index (χ0v) is 44.8. The minimum atomic E-state index is -6.18. The molecule has 3 aliphatic rings. The van der Waals surface area contributed by atoms with Gasteiger partial charge in [0.15, 0.2) is 47.6 Å². The standard InChI is InChI=1S/C36H50N16O23P4/c1-13-14(5-18(53)40-2)15(70-32(13)52-12-49(3)21-29(52)46-36(39)48-31(21)57)6-68-77(60,61)74-79(64,65)75-78(62,63)69-8-17-24(25(66-4)34(72-17)50-10-43-19-26(37)41-9-42-27(19)50)73-76(58,59)67-7-16-22(54)23(55)33(71-16)51-11-44-20-28(51)45-35(38)47-30(20)56/h9-17,22-25,32-34,54-55H,5-8H2,1-4H3,(H12-,37,38,39,40,41,42,45,46,47,48,53,56,57,58,59,60,61,62,63,64,65)/p+1/t13-,14+,15-,16-,17-,22-,23-,24-,25-,32-,33-,34-/m1/s1. The van der Waals surface area contributed by atoms with Crippen molar-refractivity contribution in [2.75, 3.05) is 51.2 Å². The molecule has 0 bridgehead atoms. The Hall–Kier alpha value is -5.60. The summed E-state index contributed by atoms with van der Waals surface area (Å²) < 4.78 is 111. The number of carbonyl (C=O) groups excluding carboxylic acids is 1. The van der Waals surface area contributed by atoms with Crippen LogP contribution in [-0.2, 0) is 75.8 Å². The molecule has 0 aromatic carbocycles. The Kier molecular flexibility index (Phi) is 16.2. The van der Waals surface area contributed by atoms with E-state index in [1.54, 1.807) is 14.0 Å². The predicted molar refractivity (Wildman–Crippen MR) is 258 cm³/mol. The minimum absolute atomic E-state index is 0.0161. The number of nitrogens with zero attached hydrogens (tertiary/aromatic N) is 10. The fraction of sp³-hybridized carbons (Fsp3) is 0.556. The molecule has 432 valence electrons. The maximum atomic E-state index is 13.7. The third-order valence-electron chi connectivity index (χ3n) is 12.8. The van der Waals surface area contributed by atoms with E-state index in [1.807, 2.05) is 0 Å². The van der Waals surface area contributed by atoms with Gasteiger partial charge in [-0.05, 0) is 0 Å². The first kappa shape index (κ1) is 58.1. The summed E-state index contributed by atoms with van der Waals surface area (Å²) in [6.07, 6.45) is -11.1. The molecule has 3 fully saturated rings. The molecular formula is C36H51N16O23P4+. The van der Waals surface area contributed by atoms with E-state index in [2.05, 4.69) is 53.8 Å². The third kappa shape index (κ3) is 11.9. The first-order chi connectivity index (χ1) is 37.1. The number of hydrogen-bond acceptors (Lipinski definition) is 28. The number of ether oxygens (including phenoxy) is 4. The number of aromatic nitrogens is 12. The number of nitrogens with one attached hydrogen (secondary N) is 3.